The lowest BCUT2D eigenvalue weighted by Crippen LogP contribution is -1.94. The third-order valence-electron chi connectivity index (χ3n) is 3.11. The fourth-order valence-corrected chi connectivity index (χ4v) is 3.04. The molecule has 0 saturated carbocycles. The minimum atomic E-state index is 0.651. The van der Waals surface area contributed by atoms with Crippen molar-refractivity contribution in [1.29, 1.82) is 0 Å². The molecule has 0 amide bonds. The van der Waals surface area contributed by atoms with Gasteiger partial charge in [0.2, 0.25) is 0 Å². The summed E-state index contributed by atoms with van der Waals surface area (Å²) in [4.78, 5) is 7.05. The molecule has 0 saturated heterocycles. The van der Waals surface area contributed by atoms with Crippen molar-refractivity contribution < 1.29 is 4.74 Å². The van der Waals surface area contributed by atoms with E-state index in [1.165, 1.54) is 4.88 Å². The van der Waals surface area contributed by atoms with Gasteiger partial charge in [0.25, 0.3) is 0 Å². The van der Waals surface area contributed by atoms with Crippen LogP contribution < -0.4 is 10.5 Å². The first-order valence-electron chi connectivity index (χ1n) is 6.14. The maximum Gasteiger partial charge on any atom is 0.181 e. The molecule has 4 nitrogen and oxygen atoms in total. The van der Waals surface area contributed by atoms with Gasteiger partial charge in [-0.25, -0.2) is 4.98 Å². The zero-order valence-corrected chi connectivity index (χ0v) is 11.7. The lowest BCUT2D eigenvalue weighted by molar-refractivity contribution is 0.417. The minimum Gasteiger partial charge on any atom is -0.493 e. The highest BCUT2D eigenvalue weighted by molar-refractivity contribution is 7.15. The summed E-state index contributed by atoms with van der Waals surface area (Å²) in [7, 11) is 1.64. The van der Waals surface area contributed by atoms with Crippen LogP contribution in [0, 0.1) is 0 Å². The van der Waals surface area contributed by atoms with Crippen molar-refractivity contribution in [2.75, 3.05) is 12.8 Å². The molecule has 3 rings (SSSR count). The summed E-state index contributed by atoms with van der Waals surface area (Å²) in [5.74, 6) is 1.38. The molecule has 0 radical (unpaired) electrons. The Labute approximate surface area is 115 Å². The van der Waals surface area contributed by atoms with Gasteiger partial charge < -0.3 is 10.5 Å². The lowest BCUT2D eigenvalue weighted by Gasteiger charge is -2.01. The molecule has 19 heavy (non-hydrogen) atoms. The second-order valence-corrected chi connectivity index (χ2v) is 5.40. The fraction of sp³-hybridized carbons (Fsp3) is 0.214. The lowest BCUT2D eigenvalue weighted by atomic mass is 10.3. The summed E-state index contributed by atoms with van der Waals surface area (Å²) in [6.07, 6.45) is 2.93. The normalized spacial score (nSPS) is 11.1. The number of hydrogen-bond acceptors (Lipinski definition) is 4. The van der Waals surface area contributed by atoms with Crippen LogP contribution in [-0.4, -0.2) is 16.5 Å². The summed E-state index contributed by atoms with van der Waals surface area (Å²) in [6.45, 7) is 2.14. The highest BCUT2D eigenvalue weighted by Crippen LogP contribution is 2.34. The maximum absolute atomic E-state index is 6.20. The Morgan fingerprint density at radius 1 is 1.37 bits per heavy atom. The van der Waals surface area contributed by atoms with Crippen LogP contribution in [0.3, 0.4) is 0 Å². The van der Waals surface area contributed by atoms with Crippen LogP contribution in [0.4, 0.5) is 5.82 Å². The second-order valence-electron chi connectivity index (χ2n) is 4.24. The molecule has 0 fully saturated rings. The van der Waals surface area contributed by atoms with Gasteiger partial charge in [0.05, 0.1) is 12.0 Å². The second kappa shape index (κ2) is 4.59. The third-order valence-corrected chi connectivity index (χ3v) is 4.35. The summed E-state index contributed by atoms with van der Waals surface area (Å²) in [6, 6.07) is 7.99. The molecular weight excluding hydrogens is 258 g/mol. The number of pyridine rings is 1. The molecule has 0 aliphatic heterocycles. The van der Waals surface area contributed by atoms with Crippen molar-refractivity contribution >= 4 is 22.8 Å². The summed E-state index contributed by atoms with van der Waals surface area (Å²) >= 11 is 1.73. The third kappa shape index (κ3) is 1.86. The highest BCUT2D eigenvalue weighted by Gasteiger charge is 2.15. The molecule has 0 bridgehead atoms. The van der Waals surface area contributed by atoms with Crippen molar-refractivity contribution in [2.24, 2.45) is 0 Å². The van der Waals surface area contributed by atoms with E-state index in [1.54, 1.807) is 18.4 Å². The summed E-state index contributed by atoms with van der Waals surface area (Å²) in [5.41, 5.74) is 7.78. The van der Waals surface area contributed by atoms with Crippen LogP contribution >= 0.6 is 11.3 Å². The van der Waals surface area contributed by atoms with Crippen LogP contribution in [0.5, 0.6) is 5.75 Å². The Morgan fingerprint density at radius 2 is 2.21 bits per heavy atom. The molecule has 3 aromatic rings. The van der Waals surface area contributed by atoms with E-state index in [0.717, 1.165) is 28.4 Å². The van der Waals surface area contributed by atoms with E-state index in [1.807, 2.05) is 22.7 Å². The van der Waals surface area contributed by atoms with Gasteiger partial charge in [-0.15, -0.1) is 11.3 Å². The van der Waals surface area contributed by atoms with Gasteiger partial charge in [-0.05, 0) is 30.7 Å². The Bertz CT molecular complexity index is 729. The monoisotopic (exact) mass is 273 g/mol. The minimum absolute atomic E-state index is 0.651. The summed E-state index contributed by atoms with van der Waals surface area (Å²) in [5, 5.41) is 0. The molecule has 98 valence electrons. The zero-order valence-electron chi connectivity index (χ0n) is 10.9. The van der Waals surface area contributed by atoms with Gasteiger partial charge in [0, 0.05) is 11.1 Å². The number of aryl methyl sites for hydroxylation is 1. The Hall–Kier alpha value is -2.01. The van der Waals surface area contributed by atoms with E-state index in [4.69, 9.17) is 10.5 Å². The van der Waals surface area contributed by atoms with Crippen LogP contribution in [0.1, 0.15) is 11.8 Å². The molecule has 3 aromatic heterocycles. The number of nitrogens with two attached hydrogens (primary N) is 1. The number of ether oxygens (including phenoxy) is 1. The average Bonchev–Trinajstić information content (AvgIpc) is 3.03. The number of nitrogen functional groups attached to an aromatic ring is 1. The van der Waals surface area contributed by atoms with Gasteiger partial charge in [0.1, 0.15) is 11.5 Å². The number of thiophene rings is 1. The van der Waals surface area contributed by atoms with Crippen LogP contribution in [0.25, 0.3) is 16.2 Å². The van der Waals surface area contributed by atoms with Crippen LogP contribution in [-0.2, 0) is 6.42 Å². The first kappa shape index (κ1) is 12.0. The first-order chi connectivity index (χ1) is 9.24. The Balaban J connectivity index is 2.22. The zero-order chi connectivity index (χ0) is 13.4. The van der Waals surface area contributed by atoms with Crippen molar-refractivity contribution in [1.82, 2.24) is 9.38 Å². The van der Waals surface area contributed by atoms with E-state index < -0.39 is 0 Å². The molecule has 0 unspecified atom stereocenters. The Morgan fingerprint density at radius 3 is 2.89 bits per heavy atom. The smallest absolute Gasteiger partial charge is 0.181 e. The molecule has 0 aromatic carbocycles. The van der Waals surface area contributed by atoms with Crippen molar-refractivity contribution in [2.45, 2.75) is 13.3 Å². The molecule has 0 aliphatic rings. The number of fused-ring (bicyclic) bond motifs is 1. The van der Waals surface area contributed by atoms with Gasteiger partial charge in [-0.1, -0.05) is 6.92 Å². The number of methoxy groups -OCH3 is 1. The van der Waals surface area contributed by atoms with Gasteiger partial charge >= 0.3 is 0 Å². The SMILES string of the molecule is CCc1ccc(-c2nc3c(OC)cccn3c2N)s1. The van der Waals surface area contributed by atoms with Crippen LogP contribution in [0.15, 0.2) is 30.5 Å². The quantitative estimate of drug-likeness (QED) is 0.797. The number of imidazole rings is 1. The van der Waals surface area contributed by atoms with Crippen molar-refractivity contribution in [3.63, 3.8) is 0 Å². The topological polar surface area (TPSA) is 52.5 Å². The van der Waals surface area contributed by atoms with E-state index in [2.05, 4.69) is 24.0 Å². The fourth-order valence-electron chi connectivity index (χ4n) is 2.10. The van der Waals surface area contributed by atoms with Gasteiger partial charge in [0.15, 0.2) is 11.4 Å². The number of anilines is 1. The molecule has 0 atom stereocenters. The first-order valence-corrected chi connectivity index (χ1v) is 6.96. The molecular formula is C14H15N3OS. The van der Waals surface area contributed by atoms with Crippen molar-refractivity contribution in [3.8, 4) is 16.3 Å². The predicted molar refractivity (Wildman–Crippen MR) is 78.8 cm³/mol. The number of nitrogens with zero attached hydrogens (tertiary/aromatic N) is 2. The van der Waals surface area contributed by atoms with Gasteiger partial charge in [-0.3, -0.25) is 4.40 Å². The number of hydrogen-bond donors (Lipinski definition) is 1. The molecule has 2 N–H and O–H groups in total. The van der Waals surface area contributed by atoms with E-state index in [0.29, 0.717) is 5.82 Å². The number of rotatable bonds is 3. The largest absolute Gasteiger partial charge is 0.493 e. The van der Waals surface area contributed by atoms with E-state index in [-0.39, 0.29) is 0 Å². The van der Waals surface area contributed by atoms with E-state index in [9.17, 15) is 0 Å². The molecule has 3 heterocycles. The summed E-state index contributed by atoms with van der Waals surface area (Å²) < 4.78 is 7.18. The molecule has 0 spiro atoms. The van der Waals surface area contributed by atoms with E-state index >= 15 is 0 Å². The van der Waals surface area contributed by atoms with Gasteiger partial charge in [-0.2, -0.15) is 0 Å². The molecule has 0 aliphatic carbocycles. The molecule has 5 heteroatoms. The van der Waals surface area contributed by atoms with Crippen molar-refractivity contribution in [3.05, 3.63) is 35.3 Å². The predicted octanol–water partition coefficient (Wildman–Crippen LogP) is 3.22. The number of aromatic nitrogens is 2. The van der Waals surface area contributed by atoms with Crippen LogP contribution in [0.2, 0.25) is 0 Å². The average molecular weight is 273 g/mol. The Kier molecular flexibility index (Phi) is 2.91. The maximum atomic E-state index is 6.20. The standard InChI is InChI=1S/C14H15N3OS/c1-3-9-6-7-11(19-9)12-13(15)17-8-4-5-10(18-2)14(17)16-12/h4-8H,3,15H2,1-2H3. The highest BCUT2D eigenvalue weighted by atomic mass is 32.1.